The summed E-state index contributed by atoms with van der Waals surface area (Å²) in [5, 5.41) is 0. The second-order valence-electron chi connectivity index (χ2n) is 4.08. The number of hydrogen-bond acceptors (Lipinski definition) is 3. The Morgan fingerprint density at radius 2 is 1.23 bits per heavy atom. The van der Waals surface area contributed by atoms with Gasteiger partial charge in [-0.15, -0.1) is 0 Å². The van der Waals surface area contributed by atoms with Crippen molar-refractivity contribution in [3.63, 3.8) is 0 Å². The van der Waals surface area contributed by atoms with E-state index >= 15 is 0 Å². The van der Waals surface area contributed by atoms with Crippen LogP contribution in [0.15, 0.2) is 0 Å². The summed E-state index contributed by atoms with van der Waals surface area (Å²) >= 11 is 3.19. The van der Waals surface area contributed by atoms with Crippen molar-refractivity contribution >= 4 is 24.1 Å². The fraction of sp³-hybridized carbons (Fsp3) is 1.00. The van der Waals surface area contributed by atoms with E-state index in [1.165, 1.54) is 12.8 Å². The predicted octanol–water partition coefficient (Wildman–Crippen LogP) is 4.39. The second-order valence-corrected chi connectivity index (χ2v) is 5.91. The maximum Gasteiger partial charge on any atom is 0.0213 e. The van der Waals surface area contributed by atoms with Gasteiger partial charge in [0.1, 0.15) is 0 Å². The summed E-state index contributed by atoms with van der Waals surface area (Å²) in [6.07, 6.45) is 2.49. The van der Waals surface area contributed by atoms with Crippen LogP contribution >= 0.6 is 24.1 Å². The Morgan fingerprint density at radius 3 is 1.54 bits per heavy atom. The van der Waals surface area contributed by atoms with Crippen molar-refractivity contribution in [3.05, 3.63) is 0 Å². The van der Waals surface area contributed by atoms with Gasteiger partial charge in [-0.2, -0.15) is 0 Å². The Balaban J connectivity index is 2.92. The Morgan fingerprint density at radius 1 is 0.846 bits per heavy atom. The third-order valence-electron chi connectivity index (χ3n) is 1.65. The molecule has 13 heavy (non-hydrogen) atoms. The minimum atomic E-state index is 0.789. The van der Waals surface area contributed by atoms with E-state index in [1.54, 1.807) is 24.1 Å². The molecule has 0 unspecified atom stereocenters. The molecule has 0 aromatic heterocycles. The van der Waals surface area contributed by atoms with Crippen molar-refractivity contribution in [1.82, 2.24) is 0 Å². The van der Waals surface area contributed by atoms with Gasteiger partial charge in [0.05, 0.1) is 0 Å². The van der Waals surface area contributed by atoms with Gasteiger partial charge in [-0.1, -0.05) is 27.7 Å². The average Bonchev–Trinajstić information content (AvgIpc) is 2.01. The van der Waals surface area contributed by atoms with E-state index in [9.17, 15) is 0 Å². The molecule has 0 fully saturated rings. The molecule has 0 amide bonds. The first-order valence-corrected chi connectivity index (χ1v) is 6.86. The van der Waals surface area contributed by atoms with Gasteiger partial charge < -0.3 is 0 Å². The van der Waals surface area contributed by atoms with Crippen molar-refractivity contribution in [3.8, 4) is 0 Å². The quantitative estimate of drug-likeness (QED) is 0.445. The molecule has 0 aromatic carbocycles. The van der Waals surface area contributed by atoms with Gasteiger partial charge in [0, 0.05) is 35.6 Å². The maximum absolute atomic E-state index is 5.37. The van der Waals surface area contributed by atoms with E-state index < -0.39 is 0 Å². The summed E-state index contributed by atoms with van der Waals surface area (Å²) in [5.41, 5.74) is 0. The Labute approximate surface area is 91.8 Å². The highest BCUT2D eigenvalue weighted by atomic mass is 32.2. The first-order chi connectivity index (χ1) is 6.13. The molecule has 80 valence electrons. The zero-order valence-electron chi connectivity index (χ0n) is 9.21. The summed E-state index contributed by atoms with van der Waals surface area (Å²) in [6, 6.07) is 0. The van der Waals surface area contributed by atoms with E-state index in [0.29, 0.717) is 0 Å². The van der Waals surface area contributed by atoms with Crippen molar-refractivity contribution < 1.29 is 3.63 Å². The van der Waals surface area contributed by atoms with E-state index in [-0.39, 0.29) is 0 Å². The fourth-order valence-electron chi connectivity index (χ4n) is 0.670. The Bertz CT molecular complexity index is 93.1. The Kier molecular flexibility index (Phi) is 9.69. The zero-order valence-corrected chi connectivity index (χ0v) is 10.8. The molecule has 0 saturated carbocycles. The highest BCUT2D eigenvalue weighted by Crippen LogP contribution is 2.19. The fourth-order valence-corrected chi connectivity index (χ4v) is 2.62. The van der Waals surface area contributed by atoms with Gasteiger partial charge in [-0.05, 0) is 24.7 Å². The summed E-state index contributed by atoms with van der Waals surface area (Å²) in [4.78, 5) is 0. The molecule has 1 nitrogen and oxygen atoms in total. The molecule has 0 radical (unpaired) electrons. The van der Waals surface area contributed by atoms with Crippen molar-refractivity contribution in [2.45, 2.75) is 40.5 Å². The lowest BCUT2D eigenvalue weighted by Gasteiger charge is -2.04. The van der Waals surface area contributed by atoms with Crippen molar-refractivity contribution in [2.75, 3.05) is 11.5 Å². The van der Waals surface area contributed by atoms with Crippen LogP contribution < -0.4 is 0 Å². The summed E-state index contributed by atoms with van der Waals surface area (Å²) < 4.78 is 5.37. The van der Waals surface area contributed by atoms with Crippen LogP contribution in [-0.2, 0) is 3.63 Å². The molecule has 0 aromatic rings. The van der Waals surface area contributed by atoms with Crippen LogP contribution in [0.1, 0.15) is 40.5 Å². The molecule has 0 aliphatic rings. The van der Waals surface area contributed by atoms with E-state index in [0.717, 1.165) is 23.3 Å². The van der Waals surface area contributed by atoms with Gasteiger partial charge in [-0.25, -0.2) is 3.63 Å². The highest BCUT2D eigenvalue weighted by molar-refractivity contribution is 8.07. The molecule has 0 bridgehead atoms. The molecule has 3 heteroatoms. The molecular formula is C10H22OS2. The minimum Gasteiger partial charge on any atom is -0.247 e. The van der Waals surface area contributed by atoms with Gasteiger partial charge >= 0.3 is 0 Å². The SMILES string of the molecule is CC(C)CCSOSCCC(C)C. The molecule has 0 atom stereocenters. The van der Waals surface area contributed by atoms with Crippen LogP contribution in [0.3, 0.4) is 0 Å². The first-order valence-electron chi connectivity index (χ1n) is 5.04. The number of rotatable bonds is 8. The molecule has 0 N–H and O–H groups in total. The predicted molar refractivity (Wildman–Crippen MR) is 64.9 cm³/mol. The van der Waals surface area contributed by atoms with E-state index in [4.69, 9.17) is 3.63 Å². The van der Waals surface area contributed by atoms with Gasteiger partial charge in [0.2, 0.25) is 0 Å². The molecule has 0 spiro atoms. The minimum absolute atomic E-state index is 0.789. The van der Waals surface area contributed by atoms with Gasteiger partial charge in [0.15, 0.2) is 0 Å². The lowest BCUT2D eigenvalue weighted by molar-refractivity contribution is 0.617. The molecular weight excluding hydrogens is 200 g/mol. The lowest BCUT2D eigenvalue weighted by Crippen LogP contribution is -1.91. The summed E-state index contributed by atoms with van der Waals surface area (Å²) in [5.74, 6) is 3.81. The zero-order chi connectivity index (χ0) is 10.1. The van der Waals surface area contributed by atoms with Crippen LogP contribution in [0, 0.1) is 11.8 Å². The maximum atomic E-state index is 5.37. The van der Waals surface area contributed by atoms with Gasteiger partial charge in [-0.3, -0.25) is 0 Å². The van der Waals surface area contributed by atoms with Crippen LogP contribution in [0.2, 0.25) is 0 Å². The molecule has 0 aliphatic carbocycles. The molecule has 0 heterocycles. The number of hydrogen-bond donors (Lipinski definition) is 0. The highest BCUT2D eigenvalue weighted by Gasteiger charge is 1.97. The average molecular weight is 222 g/mol. The summed E-state index contributed by atoms with van der Waals surface area (Å²) in [7, 11) is 0. The third-order valence-corrected chi connectivity index (χ3v) is 3.23. The van der Waals surface area contributed by atoms with E-state index in [1.807, 2.05) is 0 Å². The van der Waals surface area contributed by atoms with E-state index in [2.05, 4.69) is 27.7 Å². The van der Waals surface area contributed by atoms with Crippen LogP contribution in [0.25, 0.3) is 0 Å². The van der Waals surface area contributed by atoms with Gasteiger partial charge in [0.25, 0.3) is 0 Å². The second kappa shape index (κ2) is 9.22. The first kappa shape index (κ1) is 13.7. The van der Waals surface area contributed by atoms with Crippen LogP contribution in [0.5, 0.6) is 0 Å². The van der Waals surface area contributed by atoms with Crippen LogP contribution in [0.4, 0.5) is 0 Å². The largest absolute Gasteiger partial charge is 0.247 e. The van der Waals surface area contributed by atoms with Crippen LogP contribution in [-0.4, -0.2) is 11.5 Å². The molecule has 0 rings (SSSR count). The Hall–Kier alpha value is 0.660. The molecule has 0 aliphatic heterocycles. The topological polar surface area (TPSA) is 9.23 Å². The van der Waals surface area contributed by atoms with Crippen molar-refractivity contribution in [2.24, 2.45) is 11.8 Å². The third kappa shape index (κ3) is 12.7. The molecule has 0 saturated heterocycles. The normalized spacial score (nSPS) is 11.5. The standard InChI is InChI=1S/C10H22OS2/c1-9(2)5-7-12-11-13-8-6-10(3)4/h9-10H,5-8H2,1-4H3. The summed E-state index contributed by atoms with van der Waals surface area (Å²) in [6.45, 7) is 8.97. The smallest absolute Gasteiger partial charge is 0.0213 e. The lowest BCUT2D eigenvalue weighted by atomic mass is 10.2. The monoisotopic (exact) mass is 222 g/mol. The van der Waals surface area contributed by atoms with Crippen molar-refractivity contribution in [1.29, 1.82) is 0 Å².